The van der Waals surface area contributed by atoms with E-state index in [0.29, 0.717) is 30.4 Å². The maximum absolute atomic E-state index is 14.2. The summed E-state index contributed by atoms with van der Waals surface area (Å²) in [6.45, 7) is 3.82. The summed E-state index contributed by atoms with van der Waals surface area (Å²) in [5, 5.41) is 13.6. The highest BCUT2D eigenvalue weighted by Gasteiger charge is 2.46. The average molecular weight is 475 g/mol. The van der Waals surface area contributed by atoms with E-state index >= 15 is 0 Å². The highest BCUT2D eigenvalue weighted by Crippen LogP contribution is 2.43. The normalized spacial score (nSPS) is 11.8. The van der Waals surface area contributed by atoms with Crippen molar-refractivity contribution < 1.29 is 13.5 Å². The zero-order valence-electron chi connectivity index (χ0n) is 18.1. The van der Waals surface area contributed by atoms with Crippen LogP contribution < -0.4 is 9.64 Å². The largest absolute Gasteiger partial charge is 0.432 e. The fourth-order valence-electron chi connectivity index (χ4n) is 2.78. The number of hydrogen-bond acceptors (Lipinski definition) is 5. The molecule has 2 atom stereocenters. The number of rotatable bonds is 8. The van der Waals surface area contributed by atoms with E-state index in [1.165, 1.54) is 19.1 Å². The molecule has 0 saturated heterocycles. The second kappa shape index (κ2) is 9.48. The summed E-state index contributed by atoms with van der Waals surface area (Å²) in [6.07, 6.45) is -3.06. The van der Waals surface area contributed by atoms with Gasteiger partial charge in [-0.15, -0.1) is 23.6 Å². The fourth-order valence-corrected chi connectivity index (χ4v) is 2.90. The van der Waals surface area contributed by atoms with E-state index in [0.717, 1.165) is 11.1 Å². The number of halogens is 2. The van der Waals surface area contributed by atoms with Gasteiger partial charge in [0, 0.05) is 19.2 Å². The molecule has 0 bridgehead atoms. The standard InChI is InChI=1S/C22H25F2N5OP2/c1-15-5-7-16(8-6-15)19-26-20(28(3)14-4-13-25)29(27-19)17-9-11-18(12-10-17)30-22(23,24)21(2,31)32/h5-12H,4,14,31-32H2,1-3H3. The van der Waals surface area contributed by atoms with Gasteiger partial charge in [0.05, 0.1) is 23.1 Å². The minimum atomic E-state index is -3.39. The van der Waals surface area contributed by atoms with Crippen molar-refractivity contribution in [3.63, 3.8) is 0 Å². The van der Waals surface area contributed by atoms with Gasteiger partial charge in [-0.3, -0.25) is 0 Å². The van der Waals surface area contributed by atoms with Gasteiger partial charge in [-0.1, -0.05) is 29.8 Å². The van der Waals surface area contributed by atoms with Crippen molar-refractivity contribution in [3.05, 3.63) is 54.1 Å². The first-order valence-electron chi connectivity index (χ1n) is 9.89. The molecule has 3 aromatic rings. The molecule has 0 aliphatic heterocycles. The maximum Gasteiger partial charge on any atom is 0.410 e. The molecule has 1 heterocycles. The Morgan fingerprint density at radius 3 is 2.31 bits per heavy atom. The Morgan fingerprint density at radius 2 is 1.75 bits per heavy atom. The summed E-state index contributed by atoms with van der Waals surface area (Å²) in [6, 6.07) is 16.2. The van der Waals surface area contributed by atoms with E-state index in [2.05, 4.69) is 34.6 Å². The molecule has 2 unspecified atom stereocenters. The third-order valence-corrected chi connectivity index (χ3v) is 5.43. The van der Waals surface area contributed by atoms with E-state index in [1.807, 2.05) is 43.1 Å². The Balaban J connectivity index is 1.96. The molecule has 168 valence electrons. The van der Waals surface area contributed by atoms with E-state index in [4.69, 9.17) is 10.00 Å². The quantitative estimate of drug-likeness (QED) is 0.428. The van der Waals surface area contributed by atoms with Crippen LogP contribution in [0.15, 0.2) is 48.5 Å². The van der Waals surface area contributed by atoms with Gasteiger partial charge in [-0.25, -0.2) is 0 Å². The molecule has 0 aliphatic rings. The molecule has 10 heteroatoms. The molecular weight excluding hydrogens is 450 g/mol. The van der Waals surface area contributed by atoms with Crippen LogP contribution in [0.4, 0.5) is 14.7 Å². The second-order valence-electron chi connectivity index (χ2n) is 7.74. The first-order chi connectivity index (χ1) is 15.0. The molecule has 32 heavy (non-hydrogen) atoms. The minimum Gasteiger partial charge on any atom is -0.432 e. The molecule has 0 spiro atoms. The molecule has 1 aromatic heterocycles. The number of benzene rings is 2. The van der Waals surface area contributed by atoms with Gasteiger partial charge in [0.15, 0.2) is 5.82 Å². The van der Waals surface area contributed by atoms with E-state index < -0.39 is 11.0 Å². The van der Waals surface area contributed by atoms with Crippen molar-refractivity contribution in [3.8, 4) is 28.9 Å². The molecule has 6 nitrogen and oxygen atoms in total. The van der Waals surface area contributed by atoms with Crippen molar-refractivity contribution in [2.24, 2.45) is 0 Å². The molecule has 0 aliphatic carbocycles. The smallest absolute Gasteiger partial charge is 0.410 e. The van der Waals surface area contributed by atoms with E-state index in [9.17, 15) is 8.78 Å². The van der Waals surface area contributed by atoms with Crippen molar-refractivity contribution in [2.45, 2.75) is 31.3 Å². The van der Waals surface area contributed by atoms with Gasteiger partial charge in [-0.2, -0.15) is 23.7 Å². The Kier molecular flexibility index (Phi) is 7.12. The van der Waals surface area contributed by atoms with Crippen molar-refractivity contribution in [1.29, 1.82) is 5.26 Å². The molecule has 0 saturated carbocycles. The maximum atomic E-state index is 14.2. The van der Waals surface area contributed by atoms with Crippen LogP contribution in [-0.2, 0) is 0 Å². The summed E-state index contributed by atoms with van der Waals surface area (Å²) in [5.41, 5.74) is 2.60. The average Bonchev–Trinajstić information content (AvgIpc) is 3.17. The zero-order chi connectivity index (χ0) is 23.5. The molecule has 0 amide bonds. The van der Waals surface area contributed by atoms with Crippen LogP contribution in [-0.4, -0.2) is 39.4 Å². The van der Waals surface area contributed by atoms with E-state index in [-0.39, 0.29) is 5.75 Å². The summed E-state index contributed by atoms with van der Waals surface area (Å²) < 4.78 is 35.0. The number of alkyl halides is 2. The van der Waals surface area contributed by atoms with Crippen LogP contribution in [0, 0.1) is 18.3 Å². The summed E-state index contributed by atoms with van der Waals surface area (Å²) in [5.74, 6) is 1.10. The number of aryl methyl sites for hydroxylation is 1. The molecule has 0 fully saturated rings. The van der Waals surface area contributed by atoms with Crippen LogP contribution in [0.5, 0.6) is 5.75 Å². The summed E-state index contributed by atoms with van der Waals surface area (Å²) in [7, 11) is 5.96. The monoisotopic (exact) mass is 475 g/mol. The molecular formula is C22H25F2N5OP2. The van der Waals surface area contributed by atoms with Crippen LogP contribution in [0.1, 0.15) is 18.9 Å². The van der Waals surface area contributed by atoms with Crippen LogP contribution >= 0.6 is 18.5 Å². The molecule has 0 radical (unpaired) electrons. The number of aromatic nitrogens is 3. The van der Waals surface area contributed by atoms with Gasteiger partial charge < -0.3 is 9.64 Å². The Morgan fingerprint density at radius 1 is 1.12 bits per heavy atom. The predicted molar refractivity (Wildman–Crippen MR) is 128 cm³/mol. The first kappa shape index (κ1) is 24.0. The highest BCUT2D eigenvalue weighted by atomic mass is 31.1. The van der Waals surface area contributed by atoms with Crippen LogP contribution in [0.25, 0.3) is 17.1 Å². The lowest BCUT2D eigenvalue weighted by Gasteiger charge is -2.29. The number of anilines is 1. The minimum absolute atomic E-state index is 0.0353. The van der Waals surface area contributed by atoms with Gasteiger partial charge in [0.1, 0.15) is 5.75 Å². The third kappa shape index (κ3) is 5.41. The highest BCUT2D eigenvalue weighted by molar-refractivity contribution is 7.40. The summed E-state index contributed by atoms with van der Waals surface area (Å²) >= 11 is 0. The topological polar surface area (TPSA) is 67.0 Å². The number of nitrogens with zero attached hydrogens (tertiary/aromatic N) is 5. The number of ether oxygens (including phenoxy) is 1. The SMILES string of the molecule is Cc1ccc(-c2nc(N(C)CCC#N)n(-c3ccc(OC(F)(F)C(C)(P)P)cc3)n2)cc1. The summed E-state index contributed by atoms with van der Waals surface area (Å²) in [4.78, 5) is 5.00. The van der Waals surface area contributed by atoms with Crippen LogP contribution in [0.2, 0.25) is 0 Å². The lowest BCUT2D eigenvalue weighted by Crippen LogP contribution is -2.40. The molecule has 2 aromatic carbocycles. The second-order valence-corrected chi connectivity index (χ2v) is 10.8. The van der Waals surface area contributed by atoms with Crippen LogP contribution in [0.3, 0.4) is 0 Å². The van der Waals surface area contributed by atoms with Crippen molar-refractivity contribution in [1.82, 2.24) is 14.8 Å². The van der Waals surface area contributed by atoms with Crippen molar-refractivity contribution >= 4 is 24.4 Å². The molecule has 3 rings (SSSR count). The number of nitriles is 1. The van der Waals surface area contributed by atoms with Gasteiger partial charge in [-0.05, 0) is 38.1 Å². The van der Waals surface area contributed by atoms with Crippen molar-refractivity contribution in [2.75, 3.05) is 18.5 Å². The van der Waals surface area contributed by atoms with E-state index in [1.54, 1.807) is 16.8 Å². The lowest BCUT2D eigenvalue weighted by molar-refractivity contribution is -0.180. The zero-order valence-corrected chi connectivity index (χ0v) is 20.4. The van der Waals surface area contributed by atoms with Gasteiger partial charge in [0.2, 0.25) is 5.95 Å². The Bertz CT molecular complexity index is 1100. The van der Waals surface area contributed by atoms with Gasteiger partial charge in [0.25, 0.3) is 0 Å². The predicted octanol–water partition coefficient (Wildman–Crippen LogP) is 5.03. The Labute approximate surface area is 191 Å². The van der Waals surface area contributed by atoms with Gasteiger partial charge >= 0.3 is 6.11 Å². The lowest BCUT2D eigenvalue weighted by atomic mass is 10.1. The third-order valence-electron chi connectivity index (χ3n) is 4.75. The molecule has 0 N–H and O–H groups in total. The number of hydrogen-bond donors (Lipinski definition) is 0. The fraction of sp³-hybridized carbons (Fsp3) is 0.318. The first-order valence-corrected chi connectivity index (χ1v) is 11.0. The Hall–Kier alpha value is -2.61.